The van der Waals surface area contributed by atoms with Gasteiger partial charge >= 0.3 is 0 Å². The molecular weight excluding hydrogens is 116 g/mol. The van der Waals surface area contributed by atoms with Crippen molar-refractivity contribution in [2.75, 3.05) is 0 Å². The number of hydrogen-bond acceptors (Lipinski definition) is 5. The molecule has 0 bridgehead atoms. The molecule has 0 aliphatic carbocycles. The summed E-state index contributed by atoms with van der Waals surface area (Å²) in [7, 11) is 0. The fourth-order valence-corrected chi connectivity index (χ4v) is 0.350. The number of hydrogen-bond donors (Lipinski definition) is 0. The highest BCUT2D eigenvalue weighted by molar-refractivity contribution is 6.93. The second kappa shape index (κ2) is 2.35. The molecule has 0 saturated carbocycles. The van der Waals surface area contributed by atoms with Gasteiger partial charge in [-0.05, 0) is 0 Å². The van der Waals surface area contributed by atoms with Crippen molar-refractivity contribution in [3.05, 3.63) is 12.4 Å². The van der Waals surface area contributed by atoms with E-state index in [2.05, 4.69) is 18.2 Å². The SMILES string of the molecule is c1cnoson1. The highest BCUT2D eigenvalue weighted by Crippen LogP contribution is 1.80. The normalized spacial score (nSPS) is 8.00. The van der Waals surface area contributed by atoms with Gasteiger partial charge in [0.15, 0.2) is 0 Å². The molecule has 0 radical (unpaired) electrons. The molecule has 1 rings (SSSR count). The van der Waals surface area contributed by atoms with Gasteiger partial charge in [0.05, 0.1) is 12.4 Å². The van der Waals surface area contributed by atoms with Gasteiger partial charge in [0.2, 0.25) is 0 Å². The Morgan fingerprint density at radius 1 is 1.14 bits per heavy atom. The van der Waals surface area contributed by atoms with E-state index in [-0.39, 0.29) is 0 Å². The first-order valence-corrected chi connectivity index (χ1v) is 2.21. The third-order valence-corrected chi connectivity index (χ3v) is 0.629. The zero-order chi connectivity index (χ0) is 4.95. The number of rotatable bonds is 0. The maximum atomic E-state index is 4.33. The third-order valence-electron chi connectivity index (χ3n) is 0.335. The molecule has 0 atom stereocenters. The van der Waals surface area contributed by atoms with Crippen LogP contribution in [0.2, 0.25) is 0 Å². The van der Waals surface area contributed by atoms with Gasteiger partial charge in [-0.15, -0.1) is 0 Å². The van der Waals surface area contributed by atoms with E-state index in [1.54, 1.807) is 0 Å². The van der Waals surface area contributed by atoms with Crippen molar-refractivity contribution in [3.8, 4) is 0 Å². The average molecular weight is 118 g/mol. The topological polar surface area (TPSA) is 52.1 Å². The van der Waals surface area contributed by atoms with Crippen LogP contribution in [0.4, 0.5) is 0 Å². The number of nitrogens with zero attached hydrogens (tertiary/aromatic N) is 2. The van der Waals surface area contributed by atoms with Crippen molar-refractivity contribution in [1.82, 2.24) is 10.3 Å². The molecule has 7 heavy (non-hydrogen) atoms. The Hall–Kier alpha value is -0.840. The quantitative estimate of drug-likeness (QED) is 0.506. The van der Waals surface area contributed by atoms with E-state index in [1.165, 1.54) is 12.4 Å². The minimum Gasteiger partial charge on any atom is -0.257 e. The molecule has 4 nitrogen and oxygen atoms in total. The highest BCUT2D eigenvalue weighted by atomic mass is 32.1. The maximum Gasteiger partial charge on any atom is 0.290 e. The molecule has 0 saturated heterocycles. The van der Waals surface area contributed by atoms with E-state index >= 15 is 0 Å². The lowest BCUT2D eigenvalue weighted by molar-refractivity contribution is 0.445. The Kier molecular flexibility index (Phi) is 1.45. The van der Waals surface area contributed by atoms with Crippen molar-refractivity contribution < 1.29 is 7.91 Å². The molecular formula is C2H2N2O2S. The predicted molar refractivity (Wildman–Crippen MR) is 22.1 cm³/mol. The van der Waals surface area contributed by atoms with Gasteiger partial charge in [0.25, 0.3) is 11.9 Å². The van der Waals surface area contributed by atoms with Crippen LogP contribution in [0.5, 0.6) is 0 Å². The van der Waals surface area contributed by atoms with Gasteiger partial charge < -0.3 is 0 Å². The summed E-state index contributed by atoms with van der Waals surface area (Å²) in [5.74, 6) is 0. The van der Waals surface area contributed by atoms with Crippen molar-refractivity contribution in [3.63, 3.8) is 0 Å². The molecule has 0 aliphatic rings. The standard InChI is InChI=1S/C2H2N2O2S/c1-2-4-6-7-5-3-1/h1-2H. The van der Waals surface area contributed by atoms with Gasteiger partial charge in [-0.1, -0.05) is 10.3 Å². The van der Waals surface area contributed by atoms with Crippen molar-refractivity contribution >= 4 is 11.9 Å². The van der Waals surface area contributed by atoms with Crippen LogP contribution < -0.4 is 0 Å². The first-order valence-electron chi connectivity index (χ1n) is 1.55. The smallest absolute Gasteiger partial charge is 0.257 e. The van der Waals surface area contributed by atoms with Crippen LogP contribution in [0.1, 0.15) is 0 Å². The summed E-state index contributed by atoms with van der Waals surface area (Å²) in [4.78, 5) is 0. The van der Waals surface area contributed by atoms with Crippen LogP contribution in [-0.2, 0) is 0 Å². The zero-order valence-electron chi connectivity index (χ0n) is 3.27. The van der Waals surface area contributed by atoms with Crippen LogP contribution in [0, 0.1) is 0 Å². The molecule has 1 aromatic heterocycles. The van der Waals surface area contributed by atoms with E-state index in [0.717, 1.165) is 11.9 Å². The second-order valence-corrected chi connectivity index (χ2v) is 1.16. The van der Waals surface area contributed by atoms with Gasteiger partial charge in [-0.2, -0.15) is 0 Å². The molecule has 0 N–H and O–H groups in total. The van der Waals surface area contributed by atoms with Crippen LogP contribution in [0.3, 0.4) is 0 Å². The van der Waals surface area contributed by atoms with Gasteiger partial charge in [0, 0.05) is 0 Å². The molecule has 0 spiro atoms. The van der Waals surface area contributed by atoms with E-state index in [0.29, 0.717) is 0 Å². The van der Waals surface area contributed by atoms with Gasteiger partial charge in [-0.25, -0.2) is 0 Å². The first kappa shape index (κ1) is 4.32. The van der Waals surface area contributed by atoms with Crippen molar-refractivity contribution in [2.45, 2.75) is 0 Å². The summed E-state index contributed by atoms with van der Waals surface area (Å²) in [5.41, 5.74) is 0. The Balaban J connectivity index is 3.06. The molecule has 0 fully saturated rings. The monoisotopic (exact) mass is 118 g/mol. The van der Waals surface area contributed by atoms with E-state index in [9.17, 15) is 0 Å². The highest BCUT2D eigenvalue weighted by Gasteiger charge is 1.63. The molecule has 38 valence electrons. The molecule has 1 heterocycles. The summed E-state index contributed by atoms with van der Waals surface area (Å²) < 4.78 is 8.67. The summed E-state index contributed by atoms with van der Waals surface area (Å²) in [5, 5.41) is 6.67. The number of aromatic nitrogens is 2. The molecule has 1 aromatic rings. The molecule has 0 unspecified atom stereocenters. The summed E-state index contributed by atoms with van der Waals surface area (Å²) in [6.07, 6.45) is 2.78. The average Bonchev–Trinajstić information content (AvgIpc) is 1.90. The van der Waals surface area contributed by atoms with Crippen LogP contribution in [0.25, 0.3) is 0 Å². The zero-order valence-corrected chi connectivity index (χ0v) is 4.09. The summed E-state index contributed by atoms with van der Waals surface area (Å²) >= 11 is 0.720. The minimum atomic E-state index is 0.720. The Bertz CT molecular complexity index is 102. The van der Waals surface area contributed by atoms with E-state index < -0.39 is 0 Å². The Morgan fingerprint density at radius 2 is 1.71 bits per heavy atom. The lowest BCUT2D eigenvalue weighted by atomic mass is 11.0. The minimum absolute atomic E-state index is 0.720. The van der Waals surface area contributed by atoms with Gasteiger partial charge in [-0.3, -0.25) is 7.91 Å². The van der Waals surface area contributed by atoms with Crippen molar-refractivity contribution in [1.29, 1.82) is 0 Å². The molecule has 0 amide bonds. The van der Waals surface area contributed by atoms with Crippen LogP contribution in [-0.4, -0.2) is 10.3 Å². The lowest BCUT2D eigenvalue weighted by Crippen LogP contribution is -1.51. The predicted octanol–water partition coefficient (Wildman–Crippen LogP) is 0.849. The fraction of sp³-hybridized carbons (Fsp3) is 0. The molecule has 0 aromatic carbocycles. The summed E-state index contributed by atoms with van der Waals surface area (Å²) in [6, 6.07) is 0. The summed E-state index contributed by atoms with van der Waals surface area (Å²) in [6.45, 7) is 0. The second-order valence-electron chi connectivity index (χ2n) is 0.726. The first-order chi connectivity index (χ1) is 3.50. The lowest BCUT2D eigenvalue weighted by Gasteiger charge is -1.54. The molecule has 5 heteroatoms. The van der Waals surface area contributed by atoms with Gasteiger partial charge in [0.1, 0.15) is 0 Å². The van der Waals surface area contributed by atoms with E-state index in [4.69, 9.17) is 0 Å². The molecule has 0 aliphatic heterocycles. The fourth-order valence-electron chi connectivity index (χ4n) is 0.153. The van der Waals surface area contributed by atoms with E-state index in [1.807, 2.05) is 0 Å². The Labute approximate surface area is 43.5 Å². The largest absolute Gasteiger partial charge is 0.290 e. The Morgan fingerprint density at radius 3 is 2.29 bits per heavy atom. The van der Waals surface area contributed by atoms with Crippen LogP contribution in [0.15, 0.2) is 20.3 Å². The maximum absolute atomic E-state index is 4.33. The third kappa shape index (κ3) is 1.36. The van der Waals surface area contributed by atoms with Crippen molar-refractivity contribution in [2.24, 2.45) is 0 Å². The van der Waals surface area contributed by atoms with Crippen LogP contribution >= 0.6 is 11.9 Å².